The third kappa shape index (κ3) is 6.69. The molecule has 2 aromatic carbocycles. The van der Waals surface area contributed by atoms with Crippen LogP contribution in [0.3, 0.4) is 0 Å². The first-order valence-electron chi connectivity index (χ1n) is 8.15. The zero-order valence-corrected chi connectivity index (χ0v) is 16.2. The summed E-state index contributed by atoms with van der Waals surface area (Å²) >= 11 is 0. The molecule has 1 amide bonds. The summed E-state index contributed by atoms with van der Waals surface area (Å²) in [6.45, 7) is 0.327. The molecule has 0 aromatic heterocycles. The molecule has 5 nitrogen and oxygen atoms in total. The van der Waals surface area contributed by atoms with E-state index in [0.29, 0.717) is 18.8 Å². The Hall–Kier alpha value is -2.38. The standard InChI is InChI=1S/C19H22F2N2O3.ClH/c1-22-18(10-11-25-15-8-9-16(20)17(21)12-15)13-4-6-14(7-5-13)26-19(24)23(2)3;/h4-9,12,18,22H,10-11H2,1-3H3;1H/t18-;/m0./s1. The highest BCUT2D eigenvalue weighted by atomic mass is 35.5. The maximum atomic E-state index is 13.2. The summed E-state index contributed by atoms with van der Waals surface area (Å²) < 4.78 is 36.7. The Morgan fingerprint density at radius 2 is 1.70 bits per heavy atom. The van der Waals surface area contributed by atoms with E-state index in [-0.39, 0.29) is 24.2 Å². The van der Waals surface area contributed by atoms with E-state index in [4.69, 9.17) is 9.47 Å². The van der Waals surface area contributed by atoms with Gasteiger partial charge in [-0.15, -0.1) is 12.4 Å². The fourth-order valence-corrected chi connectivity index (χ4v) is 2.30. The first-order chi connectivity index (χ1) is 12.4. The maximum absolute atomic E-state index is 13.2. The topological polar surface area (TPSA) is 50.8 Å². The molecule has 0 heterocycles. The van der Waals surface area contributed by atoms with Gasteiger partial charge in [0.05, 0.1) is 6.61 Å². The van der Waals surface area contributed by atoms with Gasteiger partial charge in [-0.25, -0.2) is 13.6 Å². The predicted molar refractivity (Wildman–Crippen MR) is 102 cm³/mol. The number of hydrogen-bond acceptors (Lipinski definition) is 4. The van der Waals surface area contributed by atoms with E-state index in [0.717, 1.165) is 17.7 Å². The minimum absolute atomic E-state index is 0. The number of ether oxygens (including phenoxy) is 2. The van der Waals surface area contributed by atoms with Crippen LogP contribution in [0, 0.1) is 11.6 Å². The van der Waals surface area contributed by atoms with Crippen LogP contribution in [0.2, 0.25) is 0 Å². The first kappa shape index (κ1) is 22.7. The highest BCUT2D eigenvalue weighted by Gasteiger charge is 2.12. The van der Waals surface area contributed by atoms with Crippen LogP contribution in [0.4, 0.5) is 13.6 Å². The summed E-state index contributed by atoms with van der Waals surface area (Å²) in [7, 11) is 5.05. The molecule has 0 bridgehead atoms. The van der Waals surface area contributed by atoms with Gasteiger partial charge in [-0.3, -0.25) is 0 Å². The van der Waals surface area contributed by atoms with Gasteiger partial charge < -0.3 is 19.7 Å². The van der Waals surface area contributed by atoms with Crippen LogP contribution < -0.4 is 14.8 Å². The molecule has 0 aliphatic rings. The third-order valence-corrected chi connectivity index (χ3v) is 3.77. The molecule has 2 aromatic rings. The molecule has 148 valence electrons. The minimum Gasteiger partial charge on any atom is -0.493 e. The number of carbonyl (C=O) groups excluding carboxylic acids is 1. The summed E-state index contributed by atoms with van der Waals surface area (Å²) in [5, 5.41) is 3.17. The van der Waals surface area contributed by atoms with E-state index in [2.05, 4.69) is 5.32 Å². The number of amides is 1. The third-order valence-electron chi connectivity index (χ3n) is 3.77. The molecule has 2 rings (SSSR count). The van der Waals surface area contributed by atoms with Crippen molar-refractivity contribution < 1.29 is 23.0 Å². The lowest BCUT2D eigenvalue weighted by Gasteiger charge is -2.18. The molecule has 1 N–H and O–H groups in total. The number of rotatable bonds is 7. The van der Waals surface area contributed by atoms with Crippen LogP contribution >= 0.6 is 12.4 Å². The molecular weight excluding hydrogens is 378 g/mol. The van der Waals surface area contributed by atoms with Gasteiger partial charge in [-0.2, -0.15) is 0 Å². The number of hydrogen-bond donors (Lipinski definition) is 1. The van der Waals surface area contributed by atoms with Crippen molar-refractivity contribution in [3.05, 3.63) is 59.7 Å². The fourth-order valence-electron chi connectivity index (χ4n) is 2.30. The molecule has 8 heteroatoms. The monoisotopic (exact) mass is 400 g/mol. The van der Waals surface area contributed by atoms with Gasteiger partial charge in [0, 0.05) is 32.6 Å². The number of carbonyl (C=O) groups is 1. The molecule has 0 unspecified atom stereocenters. The Kier molecular flexibility index (Phi) is 8.97. The van der Waals surface area contributed by atoms with Gasteiger partial charge in [-0.1, -0.05) is 12.1 Å². The maximum Gasteiger partial charge on any atom is 0.414 e. The van der Waals surface area contributed by atoms with E-state index >= 15 is 0 Å². The Morgan fingerprint density at radius 1 is 1.07 bits per heavy atom. The van der Waals surface area contributed by atoms with Gasteiger partial charge in [0.15, 0.2) is 11.6 Å². The number of halogens is 3. The van der Waals surface area contributed by atoms with Crippen molar-refractivity contribution >= 4 is 18.5 Å². The summed E-state index contributed by atoms with van der Waals surface area (Å²) in [4.78, 5) is 12.9. The number of nitrogens with zero attached hydrogens (tertiary/aromatic N) is 1. The van der Waals surface area contributed by atoms with Gasteiger partial charge in [-0.05, 0) is 36.9 Å². The molecule has 0 radical (unpaired) electrons. The molecular formula is C19H23ClF2N2O3. The molecule has 27 heavy (non-hydrogen) atoms. The SMILES string of the molecule is CN[C@@H](CCOc1ccc(F)c(F)c1)c1ccc(OC(=O)N(C)C)cc1.Cl. The lowest BCUT2D eigenvalue weighted by atomic mass is 10.0. The summed E-state index contributed by atoms with van der Waals surface area (Å²) in [6, 6.07) is 10.6. The van der Waals surface area contributed by atoms with Gasteiger partial charge >= 0.3 is 6.09 Å². The van der Waals surface area contributed by atoms with Gasteiger partial charge in [0.25, 0.3) is 0 Å². The van der Waals surface area contributed by atoms with Crippen LogP contribution in [0.25, 0.3) is 0 Å². The summed E-state index contributed by atoms with van der Waals surface area (Å²) in [5.74, 6) is -1.10. The predicted octanol–water partition coefficient (Wildman–Crippen LogP) is 4.18. The molecule has 0 aliphatic heterocycles. The Labute approximate surface area is 163 Å². The second-order valence-electron chi connectivity index (χ2n) is 5.89. The minimum atomic E-state index is -0.935. The van der Waals surface area contributed by atoms with Crippen molar-refractivity contribution in [1.29, 1.82) is 0 Å². The van der Waals surface area contributed by atoms with Crippen molar-refractivity contribution in [3.63, 3.8) is 0 Å². The van der Waals surface area contributed by atoms with E-state index in [1.165, 1.54) is 11.0 Å². The van der Waals surface area contributed by atoms with E-state index in [1.54, 1.807) is 26.2 Å². The highest BCUT2D eigenvalue weighted by molar-refractivity contribution is 5.85. The van der Waals surface area contributed by atoms with Crippen molar-refractivity contribution in [3.8, 4) is 11.5 Å². The Bertz CT molecular complexity index is 742. The Balaban J connectivity index is 0.00000364. The molecule has 0 saturated carbocycles. The van der Waals surface area contributed by atoms with E-state index < -0.39 is 17.7 Å². The molecule has 0 spiro atoms. The second kappa shape index (κ2) is 10.7. The molecule has 0 saturated heterocycles. The summed E-state index contributed by atoms with van der Waals surface area (Å²) in [6.07, 6.45) is 0.176. The number of nitrogens with one attached hydrogen (secondary N) is 1. The highest BCUT2D eigenvalue weighted by Crippen LogP contribution is 2.22. The fraction of sp³-hybridized carbons (Fsp3) is 0.316. The molecule has 0 fully saturated rings. The zero-order valence-electron chi connectivity index (χ0n) is 15.4. The lowest BCUT2D eigenvalue weighted by molar-refractivity contribution is 0.172. The van der Waals surface area contributed by atoms with Crippen LogP contribution in [-0.4, -0.2) is 38.7 Å². The van der Waals surface area contributed by atoms with Gasteiger partial charge in [0.2, 0.25) is 0 Å². The van der Waals surface area contributed by atoms with Crippen LogP contribution in [-0.2, 0) is 0 Å². The van der Waals surface area contributed by atoms with Crippen LogP contribution in [0.15, 0.2) is 42.5 Å². The van der Waals surface area contributed by atoms with E-state index in [1.807, 2.05) is 19.2 Å². The van der Waals surface area contributed by atoms with Crippen molar-refractivity contribution in [1.82, 2.24) is 10.2 Å². The first-order valence-corrected chi connectivity index (χ1v) is 8.15. The van der Waals surface area contributed by atoms with Crippen molar-refractivity contribution in [2.45, 2.75) is 12.5 Å². The molecule has 1 atom stereocenters. The molecule has 0 aliphatic carbocycles. The lowest BCUT2D eigenvalue weighted by Crippen LogP contribution is -2.25. The quantitative estimate of drug-likeness (QED) is 0.757. The smallest absolute Gasteiger partial charge is 0.414 e. The Morgan fingerprint density at radius 3 is 2.26 bits per heavy atom. The van der Waals surface area contributed by atoms with Crippen LogP contribution in [0.1, 0.15) is 18.0 Å². The van der Waals surface area contributed by atoms with Crippen molar-refractivity contribution in [2.75, 3.05) is 27.7 Å². The van der Waals surface area contributed by atoms with Crippen LogP contribution in [0.5, 0.6) is 11.5 Å². The number of benzene rings is 2. The van der Waals surface area contributed by atoms with Gasteiger partial charge in [0.1, 0.15) is 11.5 Å². The van der Waals surface area contributed by atoms with Crippen molar-refractivity contribution in [2.24, 2.45) is 0 Å². The normalized spacial score (nSPS) is 11.3. The average Bonchev–Trinajstić information content (AvgIpc) is 2.62. The zero-order chi connectivity index (χ0) is 19.1. The average molecular weight is 401 g/mol. The summed E-state index contributed by atoms with van der Waals surface area (Å²) in [5.41, 5.74) is 0.992. The van der Waals surface area contributed by atoms with E-state index in [9.17, 15) is 13.6 Å². The largest absolute Gasteiger partial charge is 0.493 e. The second-order valence-corrected chi connectivity index (χ2v) is 5.89.